The number of rotatable bonds is 44. The number of carbonyl (C=O) groups excluding carboxylic acids is 2. The van der Waals surface area contributed by atoms with Gasteiger partial charge in [0.1, 0.15) is 28.6 Å². The molecule has 0 aromatic heterocycles. The van der Waals surface area contributed by atoms with E-state index in [0.717, 1.165) is 117 Å². The van der Waals surface area contributed by atoms with E-state index in [1.54, 1.807) is 48.5 Å². The quantitative estimate of drug-likeness (QED) is 0.00681. The zero-order valence-corrected chi connectivity index (χ0v) is 54.5. The molecule has 0 aliphatic carbocycles. The Bertz CT molecular complexity index is 3160. The molecule has 0 saturated heterocycles. The number of nitro benzene ring substituents is 1. The third-order valence-electron chi connectivity index (χ3n) is 15.8. The highest BCUT2D eigenvalue weighted by atomic mass is 16.6. The van der Waals surface area contributed by atoms with Crippen LogP contribution in [0.4, 0.5) is 22.7 Å². The van der Waals surface area contributed by atoms with E-state index in [1.807, 2.05) is 106 Å². The first-order chi connectivity index (χ1) is 43.8. The van der Waals surface area contributed by atoms with Crippen molar-refractivity contribution in [1.29, 1.82) is 0 Å². The second-order valence-electron chi connectivity index (χ2n) is 23.6. The van der Waals surface area contributed by atoms with Crippen molar-refractivity contribution < 1.29 is 42.9 Å². The van der Waals surface area contributed by atoms with Crippen LogP contribution < -0.4 is 33.3 Å². The number of allylic oxidation sites excluding steroid dienone is 2. The largest absolute Gasteiger partial charge is 0.494 e. The van der Waals surface area contributed by atoms with Crippen LogP contribution in [0.2, 0.25) is 0 Å². The van der Waals surface area contributed by atoms with Gasteiger partial charge >= 0.3 is 17.6 Å². The van der Waals surface area contributed by atoms with Gasteiger partial charge in [-0.1, -0.05) is 164 Å². The van der Waals surface area contributed by atoms with Gasteiger partial charge < -0.3 is 33.3 Å². The Morgan fingerprint density at radius 2 is 0.867 bits per heavy atom. The summed E-state index contributed by atoms with van der Waals surface area (Å²) in [5.74, 6) is 0.372. The molecule has 0 unspecified atom stereocenters. The van der Waals surface area contributed by atoms with Crippen molar-refractivity contribution >= 4 is 34.7 Å². The Hall–Kier alpha value is -8.26. The summed E-state index contributed by atoms with van der Waals surface area (Å²) in [6.07, 6.45) is 29.5. The molecule has 0 spiro atoms. The number of azo groups is 1. The molecule has 14 nitrogen and oxygen atoms in total. The molecule has 14 heteroatoms. The fourth-order valence-corrected chi connectivity index (χ4v) is 10.4. The number of hydrogen-bond acceptors (Lipinski definition) is 13. The highest BCUT2D eigenvalue weighted by Crippen LogP contribution is 2.45. The highest BCUT2D eigenvalue weighted by molar-refractivity contribution is 5.93. The van der Waals surface area contributed by atoms with E-state index in [-0.39, 0.29) is 46.4 Å². The predicted octanol–water partition coefficient (Wildman–Crippen LogP) is 21.9. The number of anilines is 1. The normalized spacial score (nSPS) is 11.8. The summed E-state index contributed by atoms with van der Waals surface area (Å²) in [5, 5.41) is 22.2. The minimum atomic E-state index is -0.817. The summed E-state index contributed by atoms with van der Waals surface area (Å²) in [6, 6.07) is 35.6. The minimum Gasteiger partial charge on any atom is -0.494 e. The Kier molecular flexibility index (Phi) is 31.2. The Balaban J connectivity index is 1.25. The first-order valence-corrected chi connectivity index (χ1v) is 33.1. The lowest BCUT2D eigenvalue weighted by Crippen LogP contribution is -2.16. The van der Waals surface area contributed by atoms with Crippen LogP contribution in [0, 0.1) is 10.1 Å². The molecular formula is C76H98N4O10. The Morgan fingerprint density at radius 3 is 1.32 bits per heavy atom. The van der Waals surface area contributed by atoms with Gasteiger partial charge in [-0.15, -0.1) is 23.4 Å². The zero-order valence-electron chi connectivity index (χ0n) is 54.5. The number of unbranched alkanes of at least 4 members (excludes halogenated alkanes) is 18. The summed E-state index contributed by atoms with van der Waals surface area (Å²) in [6.45, 7) is 17.3. The monoisotopic (exact) mass is 1230 g/mol. The van der Waals surface area contributed by atoms with Crippen LogP contribution in [0.25, 0.3) is 22.3 Å². The number of nitro groups is 1. The lowest BCUT2D eigenvalue weighted by atomic mass is 10.0. The van der Waals surface area contributed by atoms with Crippen molar-refractivity contribution in [2.24, 2.45) is 10.2 Å². The molecule has 6 aromatic carbocycles. The van der Waals surface area contributed by atoms with Gasteiger partial charge in [0.05, 0.1) is 53.2 Å². The van der Waals surface area contributed by atoms with Gasteiger partial charge in [0, 0.05) is 32.3 Å². The van der Waals surface area contributed by atoms with Gasteiger partial charge in [-0.05, 0) is 149 Å². The van der Waals surface area contributed by atoms with Crippen molar-refractivity contribution in [2.75, 3.05) is 32.2 Å². The second kappa shape index (κ2) is 39.7. The van der Waals surface area contributed by atoms with Gasteiger partial charge in [-0.3, -0.25) is 10.1 Å². The first-order valence-electron chi connectivity index (χ1n) is 33.1. The van der Waals surface area contributed by atoms with Gasteiger partial charge in [0.15, 0.2) is 11.5 Å². The van der Waals surface area contributed by atoms with Crippen LogP contribution in [-0.4, -0.2) is 56.4 Å². The fraction of sp³-hybridized carbons (Fsp3) is 0.447. The van der Waals surface area contributed by atoms with Gasteiger partial charge in [0.2, 0.25) is 5.75 Å². The molecule has 0 bridgehead atoms. The van der Waals surface area contributed by atoms with E-state index < -0.39 is 22.5 Å². The van der Waals surface area contributed by atoms with Gasteiger partial charge in [-0.2, -0.15) is 0 Å². The third kappa shape index (κ3) is 24.3. The van der Waals surface area contributed by atoms with E-state index >= 15 is 0 Å². The number of ether oxygens (including phenoxy) is 6. The van der Waals surface area contributed by atoms with Crippen molar-refractivity contribution in [2.45, 2.75) is 194 Å². The molecule has 482 valence electrons. The van der Waals surface area contributed by atoms with E-state index in [2.05, 4.69) is 32.1 Å². The van der Waals surface area contributed by atoms with E-state index in [0.29, 0.717) is 36.6 Å². The molecule has 6 aromatic rings. The topological polar surface area (TPSA) is 161 Å². The van der Waals surface area contributed by atoms with Crippen LogP contribution in [0.1, 0.15) is 203 Å². The molecule has 0 saturated carbocycles. The van der Waals surface area contributed by atoms with Crippen LogP contribution in [0.15, 0.2) is 157 Å². The standard InChI is InChI=1S/C76H98N4O10/c1-9-13-17-21-23-25-27-31-51-85-65-47-43-61(44-48-65)59-35-39-63(40-36-59)75(81)89-72-55-69(79(7)8)73(88-58(6)34-30-20-16-12-4)53-68(72)78-77-67-54-74(70(80(83)84)56-71(67)87-57(5)33-29-19-15-11-3)90-76(82)64-41-37-60(38-42-64)62-45-49-66(50-46-62)86-52-32-28-26-24-22-18-14-10-2/h9,12,35-50,53-58H,1,4,10-11,13-34,51-52H2,2-3,5-8H3/b78-77+/t57-,58-/m0/s1. The maximum Gasteiger partial charge on any atom is 0.343 e. The Labute approximate surface area is 536 Å². The minimum absolute atomic E-state index is 0.0348. The summed E-state index contributed by atoms with van der Waals surface area (Å²) in [4.78, 5) is 42.3. The van der Waals surface area contributed by atoms with E-state index in [4.69, 9.17) is 33.5 Å². The molecule has 0 fully saturated rings. The molecule has 0 aliphatic rings. The smallest absolute Gasteiger partial charge is 0.343 e. The maximum atomic E-state index is 14.2. The van der Waals surface area contributed by atoms with Gasteiger partial charge in [-0.25, -0.2) is 9.59 Å². The molecule has 6 rings (SSSR count). The number of esters is 2. The van der Waals surface area contributed by atoms with Crippen molar-refractivity contribution in [3.8, 4) is 56.8 Å². The molecule has 0 heterocycles. The molecule has 0 radical (unpaired) electrons. The van der Waals surface area contributed by atoms with Gasteiger partial charge in [0.25, 0.3) is 0 Å². The molecule has 0 N–H and O–H groups in total. The SMILES string of the molecule is C=CCCCCCCCCOc1ccc(-c2ccc(C(=O)Oc3cc(N(C)C)c(O[C@@H](C)CCCCC=C)cc3/N=N/c3cc(OC(=O)c4ccc(-c5ccc(OCCCCCCCCCC)cc5)cc4)c([N+](=O)[O-])cc3O[C@@H](C)CCCCCC)cc2)cc1. The highest BCUT2D eigenvalue weighted by Gasteiger charge is 2.26. The van der Waals surface area contributed by atoms with Crippen molar-refractivity contribution in [1.82, 2.24) is 0 Å². The third-order valence-corrected chi connectivity index (χ3v) is 15.8. The van der Waals surface area contributed by atoms with E-state index in [1.165, 1.54) is 76.3 Å². The summed E-state index contributed by atoms with van der Waals surface area (Å²) < 4.78 is 37.2. The average molecular weight is 1230 g/mol. The summed E-state index contributed by atoms with van der Waals surface area (Å²) >= 11 is 0. The number of carbonyl (C=O) groups is 2. The zero-order chi connectivity index (χ0) is 64.3. The summed E-state index contributed by atoms with van der Waals surface area (Å²) in [5.41, 5.74) is 4.41. The Morgan fingerprint density at radius 1 is 0.489 bits per heavy atom. The van der Waals surface area contributed by atoms with E-state index in [9.17, 15) is 19.7 Å². The van der Waals surface area contributed by atoms with Crippen LogP contribution in [0.3, 0.4) is 0 Å². The number of nitrogens with zero attached hydrogens (tertiary/aromatic N) is 4. The lowest BCUT2D eigenvalue weighted by Gasteiger charge is -2.23. The van der Waals surface area contributed by atoms with Crippen molar-refractivity contribution in [3.05, 3.63) is 168 Å². The lowest BCUT2D eigenvalue weighted by molar-refractivity contribution is -0.385. The number of hydrogen-bond donors (Lipinski definition) is 0. The second-order valence-corrected chi connectivity index (χ2v) is 23.6. The average Bonchev–Trinajstić information content (AvgIpc) is 1.83. The summed E-state index contributed by atoms with van der Waals surface area (Å²) in [7, 11) is 3.73. The molecular weight excluding hydrogens is 1130 g/mol. The first kappa shape index (κ1) is 70.8. The maximum absolute atomic E-state index is 14.2. The fourth-order valence-electron chi connectivity index (χ4n) is 10.4. The number of benzene rings is 6. The molecule has 0 amide bonds. The van der Waals surface area contributed by atoms with Crippen LogP contribution >= 0.6 is 0 Å². The predicted molar refractivity (Wildman–Crippen MR) is 365 cm³/mol. The molecule has 90 heavy (non-hydrogen) atoms. The molecule has 2 atom stereocenters. The molecule has 0 aliphatic heterocycles. The van der Waals surface area contributed by atoms with Crippen LogP contribution in [-0.2, 0) is 0 Å². The van der Waals surface area contributed by atoms with Crippen molar-refractivity contribution in [3.63, 3.8) is 0 Å². The van der Waals surface area contributed by atoms with Crippen LogP contribution in [0.5, 0.6) is 34.5 Å².